The molecular weight excluding hydrogens is 280 g/mol. The highest BCUT2D eigenvalue weighted by atomic mass is 35.5. The van der Waals surface area contributed by atoms with Crippen molar-refractivity contribution in [3.63, 3.8) is 0 Å². The average molecular weight is 295 g/mol. The van der Waals surface area contributed by atoms with E-state index in [4.69, 9.17) is 17.3 Å². The van der Waals surface area contributed by atoms with Crippen LogP contribution < -0.4 is 11.1 Å². The quantitative estimate of drug-likeness (QED) is 0.846. The van der Waals surface area contributed by atoms with Crippen LogP contribution in [-0.2, 0) is 0 Å². The van der Waals surface area contributed by atoms with Crippen LogP contribution in [-0.4, -0.2) is 5.91 Å². The lowest BCUT2D eigenvalue weighted by Gasteiger charge is -2.14. The Bertz CT molecular complexity index is 609. The smallest absolute Gasteiger partial charge is 0.252 e. The molecule has 0 saturated heterocycles. The van der Waals surface area contributed by atoms with Gasteiger partial charge >= 0.3 is 0 Å². The highest BCUT2D eigenvalue weighted by Gasteiger charge is 2.15. The lowest BCUT2D eigenvalue weighted by molar-refractivity contribution is 0.0940. The first-order valence-corrected chi connectivity index (χ1v) is 7.09. The van der Waals surface area contributed by atoms with E-state index in [1.807, 2.05) is 26.0 Å². The molecule has 5 heteroatoms. The molecule has 0 aliphatic heterocycles. The molecule has 1 unspecified atom stereocenters. The van der Waals surface area contributed by atoms with E-state index in [9.17, 15) is 4.79 Å². The Balaban J connectivity index is 2.15. The van der Waals surface area contributed by atoms with Gasteiger partial charge in [-0.3, -0.25) is 4.79 Å². The molecular formula is C14H15ClN2OS. The van der Waals surface area contributed by atoms with Gasteiger partial charge < -0.3 is 11.1 Å². The van der Waals surface area contributed by atoms with Crippen molar-refractivity contribution in [2.45, 2.75) is 19.9 Å². The molecule has 0 radical (unpaired) electrons. The molecule has 2 rings (SSSR count). The zero-order valence-corrected chi connectivity index (χ0v) is 12.3. The molecule has 100 valence electrons. The van der Waals surface area contributed by atoms with Gasteiger partial charge in [0, 0.05) is 16.1 Å². The van der Waals surface area contributed by atoms with E-state index in [1.54, 1.807) is 18.2 Å². The minimum absolute atomic E-state index is 0.0779. The first-order chi connectivity index (χ1) is 8.99. The van der Waals surface area contributed by atoms with Crippen molar-refractivity contribution < 1.29 is 4.79 Å². The van der Waals surface area contributed by atoms with Crippen LogP contribution in [0.4, 0.5) is 5.69 Å². The molecule has 3 N–H and O–H groups in total. The summed E-state index contributed by atoms with van der Waals surface area (Å²) < 4.78 is 0.719. The van der Waals surface area contributed by atoms with Gasteiger partial charge in [0.15, 0.2) is 0 Å². The topological polar surface area (TPSA) is 55.1 Å². The zero-order valence-electron chi connectivity index (χ0n) is 10.7. The Labute approximate surface area is 121 Å². The summed E-state index contributed by atoms with van der Waals surface area (Å²) in [5.41, 5.74) is 7.84. The van der Waals surface area contributed by atoms with Gasteiger partial charge in [0.2, 0.25) is 0 Å². The fourth-order valence-corrected chi connectivity index (χ4v) is 2.87. The number of nitrogens with one attached hydrogen (secondary N) is 1. The molecule has 1 heterocycles. The number of carbonyl (C=O) groups is 1. The molecule has 0 spiro atoms. The molecule has 1 aromatic heterocycles. The number of rotatable bonds is 3. The molecule has 2 aromatic rings. The van der Waals surface area contributed by atoms with Gasteiger partial charge in [0.25, 0.3) is 5.91 Å². The van der Waals surface area contributed by atoms with Crippen molar-refractivity contribution in [1.82, 2.24) is 5.32 Å². The number of anilines is 1. The van der Waals surface area contributed by atoms with E-state index in [0.29, 0.717) is 11.3 Å². The lowest BCUT2D eigenvalue weighted by atomic mass is 10.1. The lowest BCUT2D eigenvalue weighted by Crippen LogP contribution is -2.26. The molecule has 3 nitrogen and oxygen atoms in total. The van der Waals surface area contributed by atoms with Gasteiger partial charge in [-0.1, -0.05) is 17.7 Å². The standard InChI is InChI=1S/C14H15ClN2OS/c1-8-10(4-3-5-11(8)16)14(18)17-9(2)12-6-7-13(15)19-12/h3-7,9H,16H2,1-2H3,(H,17,18). The number of benzene rings is 1. The van der Waals surface area contributed by atoms with Crippen LogP contribution >= 0.6 is 22.9 Å². The number of hydrogen-bond donors (Lipinski definition) is 2. The number of hydrogen-bond acceptors (Lipinski definition) is 3. The number of thiophene rings is 1. The van der Waals surface area contributed by atoms with Crippen LogP contribution in [0, 0.1) is 6.92 Å². The predicted molar refractivity (Wildman–Crippen MR) is 80.8 cm³/mol. The van der Waals surface area contributed by atoms with Crippen molar-refractivity contribution in [1.29, 1.82) is 0 Å². The van der Waals surface area contributed by atoms with E-state index < -0.39 is 0 Å². The average Bonchev–Trinajstić information content (AvgIpc) is 2.79. The summed E-state index contributed by atoms with van der Waals surface area (Å²) >= 11 is 7.36. The van der Waals surface area contributed by atoms with Gasteiger partial charge in [0.05, 0.1) is 10.4 Å². The molecule has 0 aliphatic carbocycles. The van der Waals surface area contributed by atoms with Crippen molar-refractivity contribution >= 4 is 34.5 Å². The van der Waals surface area contributed by atoms with Crippen LogP contribution in [0.2, 0.25) is 4.34 Å². The van der Waals surface area contributed by atoms with E-state index >= 15 is 0 Å². The van der Waals surface area contributed by atoms with Gasteiger partial charge in [0.1, 0.15) is 0 Å². The fourth-order valence-electron chi connectivity index (χ4n) is 1.81. The monoisotopic (exact) mass is 294 g/mol. The molecule has 0 bridgehead atoms. The summed E-state index contributed by atoms with van der Waals surface area (Å²) in [7, 11) is 0. The second kappa shape index (κ2) is 5.63. The summed E-state index contributed by atoms with van der Waals surface area (Å²) in [6.45, 7) is 3.78. The van der Waals surface area contributed by atoms with E-state index in [-0.39, 0.29) is 11.9 Å². The van der Waals surface area contributed by atoms with Crippen molar-refractivity contribution in [2.75, 3.05) is 5.73 Å². The normalized spacial score (nSPS) is 12.2. The van der Waals surface area contributed by atoms with Crippen molar-refractivity contribution in [2.24, 2.45) is 0 Å². The third-order valence-corrected chi connectivity index (χ3v) is 4.40. The number of nitrogen functional groups attached to an aromatic ring is 1. The minimum Gasteiger partial charge on any atom is -0.398 e. The molecule has 1 amide bonds. The molecule has 0 fully saturated rings. The van der Waals surface area contributed by atoms with Gasteiger partial charge in [-0.15, -0.1) is 11.3 Å². The number of carbonyl (C=O) groups excluding carboxylic acids is 1. The fraction of sp³-hybridized carbons (Fsp3) is 0.214. The maximum Gasteiger partial charge on any atom is 0.252 e. The van der Waals surface area contributed by atoms with Crippen molar-refractivity contribution in [3.8, 4) is 0 Å². The molecule has 19 heavy (non-hydrogen) atoms. The highest BCUT2D eigenvalue weighted by molar-refractivity contribution is 7.16. The van der Waals surface area contributed by atoms with E-state index in [1.165, 1.54) is 11.3 Å². The first kappa shape index (κ1) is 13.9. The Kier molecular flexibility index (Phi) is 4.12. The largest absolute Gasteiger partial charge is 0.398 e. The molecule has 0 saturated carbocycles. The third-order valence-electron chi connectivity index (χ3n) is 2.99. The maximum atomic E-state index is 12.2. The van der Waals surface area contributed by atoms with Gasteiger partial charge in [-0.2, -0.15) is 0 Å². The predicted octanol–water partition coefficient (Wildman–Crippen LogP) is 3.78. The van der Waals surface area contributed by atoms with E-state index in [0.717, 1.165) is 14.8 Å². The number of halogens is 1. The number of amides is 1. The zero-order chi connectivity index (χ0) is 14.0. The summed E-state index contributed by atoms with van der Waals surface area (Å²) in [6.07, 6.45) is 0. The maximum absolute atomic E-state index is 12.2. The second-order valence-electron chi connectivity index (χ2n) is 4.36. The third kappa shape index (κ3) is 3.08. The summed E-state index contributed by atoms with van der Waals surface area (Å²) in [5, 5.41) is 2.95. The van der Waals surface area contributed by atoms with Gasteiger partial charge in [-0.25, -0.2) is 0 Å². The molecule has 0 aliphatic rings. The number of nitrogens with two attached hydrogens (primary N) is 1. The highest BCUT2D eigenvalue weighted by Crippen LogP contribution is 2.27. The van der Waals surface area contributed by atoms with E-state index in [2.05, 4.69) is 5.32 Å². The Morgan fingerprint density at radius 1 is 1.37 bits per heavy atom. The second-order valence-corrected chi connectivity index (χ2v) is 6.10. The Morgan fingerprint density at radius 3 is 2.74 bits per heavy atom. The molecule has 1 aromatic carbocycles. The summed E-state index contributed by atoms with van der Waals surface area (Å²) in [6, 6.07) is 9.01. The minimum atomic E-state index is -0.123. The summed E-state index contributed by atoms with van der Waals surface area (Å²) in [4.78, 5) is 13.2. The van der Waals surface area contributed by atoms with Crippen LogP contribution in [0.15, 0.2) is 30.3 Å². The van der Waals surface area contributed by atoms with Crippen LogP contribution in [0.3, 0.4) is 0 Å². The Hall–Kier alpha value is -1.52. The first-order valence-electron chi connectivity index (χ1n) is 5.90. The summed E-state index contributed by atoms with van der Waals surface area (Å²) in [5.74, 6) is -0.123. The van der Waals surface area contributed by atoms with Crippen LogP contribution in [0.25, 0.3) is 0 Å². The van der Waals surface area contributed by atoms with Gasteiger partial charge in [-0.05, 0) is 43.7 Å². The van der Waals surface area contributed by atoms with Crippen molar-refractivity contribution in [3.05, 3.63) is 50.7 Å². The SMILES string of the molecule is Cc1c(N)cccc1C(=O)NC(C)c1ccc(Cl)s1. The molecule has 1 atom stereocenters. The van der Waals surface area contributed by atoms with Crippen LogP contribution in [0.1, 0.15) is 33.8 Å². The Morgan fingerprint density at radius 2 is 2.11 bits per heavy atom. The van der Waals surface area contributed by atoms with Crippen LogP contribution in [0.5, 0.6) is 0 Å².